The number of nitrogens with one attached hydrogen (secondary N) is 2. The molecule has 0 aliphatic heterocycles. The number of pyridine rings is 1. The van der Waals surface area contributed by atoms with Gasteiger partial charge in [0.15, 0.2) is 6.61 Å². The summed E-state index contributed by atoms with van der Waals surface area (Å²) in [6.45, 7) is 1.44. The fourth-order valence-electron chi connectivity index (χ4n) is 1.93. The smallest absolute Gasteiger partial charge is 0.277 e. The van der Waals surface area contributed by atoms with E-state index in [2.05, 4.69) is 20.8 Å². The molecule has 136 valence electrons. The maximum Gasteiger partial charge on any atom is 0.277 e. The van der Waals surface area contributed by atoms with Gasteiger partial charge in [0.25, 0.3) is 5.91 Å². The standard InChI is InChI=1S/C18H20N4O4/c1-13(10-17(23)20-16-8-3-4-9-19-16)21-22-18(24)12-26-15-7-5-6-14(11-15)25-2/h3-9,11H,10,12H2,1-2H3,(H,22,24)(H,19,20,23)/b21-13+. The molecular weight excluding hydrogens is 336 g/mol. The van der Waals surface area contributed by atoms with Crippen LogP contribution in [0.5, 0.6) is 11.5 Å². The summed E-state index contributed by atoms with van der Waals surface area (Å²) in [7, 11) is 1.55. The number of amides is 2. The van der Waals surface area contributed by atoms with Crippen molar-refractivity contribution < 1.29 is 19.1 Å². The Labute approximate surface area is 151 Å². The number of hydrogen-bond donors (Lipinski definition) is 2. The van der Waals surface area contributed by atoms with Crippen molar-refractivity contribution in [1.29, 1.82) is 0 Å². The number of rotatable bonds is 8. The molecule has 0 fully saturated rings. The number of anilines is 1. The summed E-state index contributed by atoms with van der Waals surface area (Å²) in [5.74, 6) is 0.899. The SMILES string of the molecule is COc1cccc(OCC(=O)N/N=C(\C)CC(=O)Nc2ccccn2)c1. The molecule has 2 rings (SSSR count). The first-order valence-electron chi connectivity index (χ1n) is 7.86. The molecule has 0 unspecified atom stereocenters. The molecule has 1 heterocycles. The van der Waals surface area contributed by atoms with Crippen LogP contribution < -0.4 is 20.2 Å². The molecule has 0 saturated heterocycles. The molecule has 8 heteroatoms. The first-order chi connectivity index (χ1) is 12.6. The van der Waals surface area contributed by atoms with E-state index in [1.165, 1.54) is 0 Å². The monoisotopic (exact) mass is 356 g/mol. The summed E-state index contributed by atoms with van der Waals surface area (Å²) in [4.78, 5) is 27.6. The molecule has 1 aromatic heterocycles. The van der Waals surface area contributed by atoms with E-state index in [9.17, 15) is 9.59 Å². The highest BCUT2D eigenvalue weighted by Gasteiger charge is 2.07. The van der Waals surface area contributed by atoms with Crippen molar-refractivity contribution in [2.75, 3.05) is 19.0 Å². The lowest BCUT2D eigenvalue weighted by Gasteiger charge is -2.07. The highest BCUT2D eigenvalue weighted by molar-refractivity contribution is 6.05. The van der Waals surface area contributed by atoms with Crippen molar-refractivity contribution in [3.63, 3.8) is 0 Å². The topological polar surface area (TPSA) is 102 Å². The molecule has 0 spiro atoms. The molecule has 0 radical (unpaired) electrons. The third-order valence-corrected chi connectivity index (χ3v) is 3.13. The number of aromatic nitrogens is 1. The van der Waals surface area contributed by atoms with Crippen molar-refractivity contribution in [2.24, 2.45) is 5.10 Å². The Kier molecular flexibility index (Phi) is 7.11. The third kappa shape index (κ3) is 6.60. The Morgan fingerprint density at radius 2 is 1.92 bits per heavy atom. The van der Waals surface area contributed by atoms with Crippen LogP contribution in [0.2, 0.25) is 0 Å². The molecule has 0 aliphatic rings. The van der Waals surface area contributed by atoms with E-state index in [1.54, 1.807) is 62.7 Å². The van der Waals surface area contributed by atoms with Crippen molar-refractivity contribution in [2.45, 2.75) is 13.3 Å². The van der Waals surface area contributed by atoms with Gasteiger partial charge in [0, 0.05) is 18.0 Å². The lowest BCUT2D eigenvalue weighted by atomic mass is 10.3. The van der Waals surface area contributed by atoms with Crippen LogP contribution in [-0.2, 0) is 9.59 Å². The van der Waals surface area contributed by atoms with E-state index in [-0.39, 0.29) is 18.9 Å². The number of carbonyl (C=O) groups excluding carboxylic acids is 2. The highest BCUT2D eigenvalue weighted by Crippen LogP contribution is 2.18. The minimum absolute atomic E-state index is 0.0353. The molecule has 26 heavy (non-hydrogen) atoms. The molecule has 2 amide bonds. The first-order valence-corrected chi connectivity index (χ1v) is 7.86. The number of ether oxygens (including phenoxy) is 2. The van der Waals surface area contributed by atoms with Crippen LogP contribution in [0.25, 0.3) is 0 Å². The molecule has 0 saturated carbocycles. The van der Waals surface area contributed by atoms with Gasteiger partial charge >= 0.3 is 0 Å². The van der Waals surface area contributed by atoms with Crippen LogP contribution in [-0.4, -0.2) is 36.2 Å². The second-order valence-corrected chi connectivity index (χ2v) is 5.29. The van der Waals surface area contributed by atoms with Crippen LogP contribution in [0.3, 0.4) is 0 Å². The number of hydrogen-bond acceptors (Lipinski definition) is 6. The van der Waals surface area contributed by atoms with E-state index >= 15 is 0 Å². The minimum Gasteiger partial charge on any atom is -0.497 e. The summed E-state index contributed by atoms with van der Waals surface area (Å²) in [5, 5.41) is 6.52. The van der Waals surface area contributed by atoms with Crippen molar-refractivity contribution >= 4 is 23.3 Å². The average Bonchev–Trinajstić information content (AvgIpc) is 2.65. The zero-order valence-corrected chi connectivity index (χ0v) is 14.6. The van der Waals surface area contributed by atoms with Crippen LogP contribution in [0.15, 0.2) is 53.8 Å². The second kappa shape index (κ2) is 9.77. The molecular formula is C18H20N4O4. The number of benzene rings is 1. The Morgan fingerprint density at radius 1 is 1.12 bits per heavy atom. The molecule has 8 nitrogen and oxygen atoms in total. The number of nitrogens with zero attached hydrogens (tertiary/aromatic N) is 2. The van der Waals surface area contributed by atoms with Crippen LogP contribution >= 0.6 is 0 Å². The van der Waals surface area contributed by atoms with E-state index in [0.717, 1.165) is 0 Å². The molecule has 2 aromatic rings. The van der Waals surface area contributed by atoms with E-state index in [4.69, 9.17) is 9.47 Å². The maximum atomic E-state index is 11.9. The molecule has 2 N–H and O–H groups in total. The maximum absolute atomic E-state index is 11.9. The predicted octanol–water partition coefficient (Wildman–Crippen LogP) is 1.99. The van der Waals surface area contributed by atoms with Gasteiger partial charge < -0.3 is 14.8 Å². The Balaban J connectivity index is 1.74. The zero-order chi connectivity index (χ0) is 18.8. The van der Waals surface area contributed by atoms with E-state index in [1.807, 2.05) is 0 Å². The fraction of sp³-hybridized carbons (Fsp3) is 0.222. The van der Waals surface area contributed by atoms with Gasteiger partial charge in [-0.05, 0) is 31.2 Å². The van der Waals surface area contributed by atoms with Gasteiger partial charge in [0.2, 0.25) is 5.91 Å². The van der Waals surface area contributed by atoms with Gasteiger partial charge in [0.1, 0.15) is 17.3 Å². The summed E-state index contributed by atoms with van der Waals surface area (Å²) in [5.41, 5.74) is 2.80. The highest BCUT2D eigenvalue weighted by atomic mass is 16.5. The fourth-order valence-corrected chi connectivity index (χ4v) is 1.93. The molecule has 0 atom stereocenters. The van der Waals surface area contributed by atoms with Crippen molar-refractivity contribution in [3.8, 4) is 11.5 Å². The Morgan fingerprint density at radius 3 is 2.65 bits per heavy atom. The first kappa shape index (κ1) is 18.9. The number of methoxy groups -OCH3 is 1. The van der Waals surface area contributed by atoms with Gasteiger partial charge in [-0.1, -0.05) is 12.1 Å². The number of carbonyl (C=O) groups is 2. The van der Waals surface area contributed by atoms with Crippen LogP contribution in [0, 0.1) is 0 Å². The Hall–Kier alpha value is -3.42. The van der Waals surface area contributed by atoms with Gasteiger partial charge in [0.05, 0.1) is 13.5 Å². The van der Waals surface area contributed by atoms with Crippen LogP contribution in [0.4, 0.5) is 5.82 Å². The van der Waals surface area contributed by atoms with Gasteiger partial charge in [-0.3, -0.25) is 9.59 Å². The van der Waals surface area contributed by atoms with Crippen molar-refractivity contribution in [3.05, 3.63) is 48.7 Å². The van der Waals surface area contributed by atoms with Gasteiger partial charge in [-0.25, -0.2) is 10.4 Å². The normalized spacial score (nSPS) is 10.8. The molecule has 0 aliphatic carbocycles. The Bertz CT molecular complexity index is 778. The van der Waals surface area contributed by atoms with Crippen molar-refractivity contribution in [1.82, 2.24) is 10.4 Å². The summed E-state index contributed by atoms with van der Waals surface area (Å²) >= 11 is 0. The summed E-state index contributed by atoms with van der Waals surface area (Å²) < 4.78 is 10.4. The predicted molar refractivity (Wildman–Crippen MR) is 97.2 cm³/mol. The number of hydrazone groups is 1. The summed E-state index contributed by atoms with van der Waals surface area (Å²) in [6.07, 6.45) is 1.62. The quantitative estimate of drug-likeness (QED) is 0.556. The average molecular weight is 356 g/mol. The minimum atomic E-state index is -0.433. The van der Waals surface area contributed by atoms with Crippen LogP contribution in [0.1, 0.15) is 13.3 Å². The van der Waals surface area contributed by atoms with Gasteiger partial charge in [-0.2, -0.15) is 5.10 Å². The summed E-state index contributed by atoms with van der Waals surface area (Å²) in [6, 6.07) is 12.1. The van der Waals surface area contributed by atoms with E-state index in [0.29, 0.717) is 23.0 Å². The lowest BCUT2D eigenvalue weighted by molar-refractivity contribution is -0.123. The second-order valence-electron chi connectivity index (χ2n) is 5.29. The zero-order valence-electron chi connectivity index (χ0n) is 14.6. The van der Waals surface area contributed by atoms with Gasteiger partial charge in [-0.15, -0.1) is 0 Å². The third-order valence-electron chi connectivity index (χ3n) is 3.13. The lowest BCUT2D eigenvalue weighted by Crippen LogP contribution is -2.26. The molecule has 0 bridgehead atoms. The largest absolute Gasteiger partial charge is 0.497 e. The molecule has 1 aromatic carbocycles. The van der Waals surface area contributed by atoms with E-state index < -0.39 is 5.91 Å².